The van der Waals surface area contributed by atoms with E-state index in [9.17, 15) is 4.79 Å². The fraction of sp³-hybridized carbons (Fsp3) is 0.409. The highest BCUT2D eigenvalue weighted by Gasteiger charge is 2.38. The lowest BCUT2D eigenvalue weighted by Crippen LogP contribution is -2.33. The Morgan fingerprint density at radius 2 is 1.96 bits per heavy atom. The van der Waals surface area contributed by atoms with E-state index in [1.165, 1.54) is 22.3 Å². The van der Waals surface area contributed by atoms with Crippen molar-refractivity contribution >= 4 is 6.09 Å². The van der Waals surface area contributed by atoms with Crippen molar-refractivity contribution in [1.29, 1.82) is 0 Å². The molecule has 2 N–H and O–H groups in total. The molecule has 0 radical (unpaired) electrons. The third-order valence-corrected chi connectivity index (χ3v) is 5.21. The standard InChI is InChI=1S/C22H27NO2/c1-4-6-15-7-5-8-16(13-15)17-9-10-19-18(14-17)11-12-22(2,3)20(19)25-21(23)24/h5,7-10,13-14,20H,4,6,11-12H2,1-3H3,(H2,23,24)/t20-/m0/s1. The Bertz CT molecular complexity index is 779. The molecular formula is C22H27NO2. The van der Waals surface area contributed by atoms with Crippen LogP contribution in [0.1, 0.15) is 56.4 Å². The van der Waals surface area contributed by atoms with Crippen LogP contribution in [0, 0.1) is 5.41 Å². The molecule has 1 aliphatic rings. The van der Waals surface area contributed by atoms with Gasteiger partial charge in [-0.3, -0.25) is 0 Å². The van der Waals surface area contributed by atoms with Gasteiger partial charge in [-0.25, -0.2) is 4.79 Å². The van der Waals surface area contributed by atoms with Crippen LogP contribution in [0.2, 0.25) is 0 Å². The number of fused-ring (bicyclic) bond motifs is 1. The molecule has 0 bridgehead atoms. The zero-order valence-electron chi connectivity index (χ0n) is 15.3. The van der Waals surface area contributed by atoms with Crippen molar-refractivity contribution in [3.63, 3.8) is 0 Å². The SMILES string of the molecule is CCCc1cccc(-c2ccc3c(c2)CCC(C)(C)[C@H]3OC(N)=O)c1. The van der Waals surface area contributed by atoms with Gasteiger partial charge < -0.3 is 10.5 Å². The lowest BCUT2D eigenvalue weighted by Gasteiger charge is -2.39. The van der Waals surface area contributed by atoms with Crippen molar-refractivity contribution in [3.8, 4) is 11.1 Å². The highest BCUT2D eigenvalue weighted by molar-refractivity contribution is 5.67. The first-order valence-electron chi connectivity index (χ1n) is 9.09. The molecule has 3 rings (SSSR count). The van der Waals surface area contributed by atoms with Crippen molar-refractivity contribution in [2.45, 2.75) is 52.6 Å². The minimum Gasteiger partial charge on any atom is -0.441 e. The van der Waals surface area contributed by atoms with Crippen molar-refractivity contribution in [2.24, 2.45) is 11.1 Å². The van der Waals surface area contributed by atoms with Gasteiger partial charge in [0, 0.05) is 5.41 Å². The number of primary amides is 1. The largest absolute Gasteiger partial charge is 0.441 e. The van der Waals surface area contributed by atoms with E-state index in [-0.39, 0.29) is 11.5 Å². The summed E-state index contributed by atoms with van der Waals surface area (Å²) < 4.78 is 5.47. The van der Waals surface area contributed by atoms with E-state index in [2.05, 4.69) is 63.2 Å². The van der Waals surface area contributed by atoms with Crippen LogP contribution in [-0.4, -0.2) is 6.09 Å². The normalized spacial score (nSPS) is 18.4. The van der Waals surface area contributed by atoms with Gasteiger partial charge in [-0.15, -0.1) is 0 Å². The van der Waals surface area contributed by atoms with E-state index >= 15 is 0 Å². The average Bonchev–Trinajstić information content (AvgIpc) is 2.57. The zero-order chi connectivity index (χ0) is 18.0. The first-order chi connectivity index (χ1) is 11.9. The Balaban J connectivity index is 1.97. The van der Waals surface area contributed by atoms with Gasteiger partial charge in [0.25, 0.3) is 0 Å². The van der Waals surface area contributed by atoms with Gasteiger partial charge >= 0.3 is 6.09 Å². The lowest BCUT2D eigenvalue weighted by molar-refractivity contribution is 0.0147. The fourth-order valence-corrected chi connectivity index (χ4v) is 3.80. The molecule has 0 fully saturated rings. The molecule has 3 heteroatoms. The maximum Gasteiger partial charge on any atom is 0.405 e. The van der Waals surface area contributed by atoms with Crippen LogP contribution in [-0.2, 0) is 17.6 Å². The van der Waals surface area contributed by atoms with Crippen LogP contribution >= 0.6 is 0 Å². The average molecular weight is 337 g/mol. The molecule has 0 spiro atoms. The number of hydrogen-bond acceptors (Lipinski definition) is 2. The maximum absolute atomic E-state index is 11.4. The predicted octanol–water partition coefficient (Wildman–Crippen LogP) is 5.41. The maximum atomic E-state index is 11.4. The minimum atomic E-state index is -0.706. The molecule has 132 valence electrons. The van der Waals surface area contributed by atoms with Crippen molar-refractivity contribution < 1.29 is 9.53 Å². The summed E-state index contributed by atoms with van der Waals surface area (Å²) in [6.07, 6.45) is 3.22. The summed E-state index contributed by atoms with van der Waals surface area (Å²) in [5, 5.41) is 0. The first-order valence-corrected chi connectivity index (χ1v) is 9.09. The summed E-state index contributed by atoms with van der Waals surface area (Å²) in [6.45, 7) is 6.46. The van der Waals surface area contributed by atoms with Gasteiger partial charge in [-0.1, -0.05) is 69.7 Å². The number of carbonyl (C=O) groups is 1. The number of nitrogens with two attached hydrogens (primary N) is 1. The Labute approximate surface area is 150 Å². The van der Waals surface area contributed by atoms with Gasteiger partial charge in [0.2, 0.25) is 0 Å². The molecule has 0 aliphatic heterocycles. The molecule has 25 heavy (non-hydrogen) atoms. The highest BCUT2D eigenvalue weighted by atomic mass is 16.6. The van der Waals surface area contributed by atoms with Crippen LogP contribution in [0.5, 0.6) is 0 Å². The quantitative estimate of drug-likeness (QED) is 0.810. The van der Waals surface area contributed by atoms with Crippen LogP contribution in [0.25, 0.3) is 11.1 Å². The smallest absolute Gasteiger partial charge is 0.405 e. The second kappa shape index (κ2) is 6.91. The van der Waals surface area contributed by atoms with Crippen LogP contribution in [0.15, 0.2) is 42.5 Å². The molecular weight excluding hydrogens is 310 g/mol. The molecule has 1 aliphatic carbocycles. The summed E-state index contributed by atoms with van der Waals surface area (Å²) in [5.74, 6) is 0. The second-order valence-corrected chi connectivity index (χ2v) is 7.67. The topological polar surface area (TPSA) is 52.3 Å². The summed E-state index contributed by atoms with van der Waals surface area (Å²) in [7, 11) is 0. The molecule has 1 atom stereocenters. The lowest BCUT2D eigenvalue weighted by atomic mass is 9.71. The molecule has 2 aromatic carbocycles. The van der Waals surface area contributed by atoms with Crippen molar-refractivity contribution in [1.82, 2.24) is 0 Å². The summed E-state index contributed by atoms with van der Waals surface area (Å²) in [4.78, 5) is 11.4. The number of amides is 1. The van der Waals surface area contributed by atoms with Gasteiger partial charge in [0.15, 0.2) is 0 Å². The highest BCUT2D eigenvalue weighted by Crippen LogP contribution is 2.46. The molecule has 3 nitrogen and oxygen atoms in total. The zero-order valence-corrected chi connectivity index (χ0v) is 15.3. The number of hydrogen-bond donors (Lipinski definition) is 1. The number of ether oxygens (including phenoxy) is 1. The van der Waals surface area contributed by atoms with E-state index in [0.29, 0.717) is 0 Å². The predicted molar refractivity (Wildman–Crippen MR) is 101 cm³/mol. The van der Waals surface area contributed by atoms with Gasteiger partial charge in [0.1, 0.15) is 6.10 Å². The van der Waals surface area contributed by atoms with Crippen LogP contribution < -0.4 is 5.73 Å². The molecule has 0 saturated carbocycles. The summed E-state index contributed by atoms with van der Waals surface area (Å²) in [6, 6.07) is 15.2. The van der Waals surface area contributed by atoms with Crippen molar-refractivity contribution in [2.75, 3.05) is 0 Å². The fourth-order valence-electron chi connectivity index (χ4n) is 3.80. The third kappa shape index (κ3) is 3.71. The first kappa shape index (κ1) is 17.5. The number of carbonyl (C=O) groups excluding carboxylic acids is 1. The molecule has 0 unspecified atom stereocenters. The Hall–Kier alpha value is -2.29. The summed E-state index contributed by atoms with van der Waals surface area (Å²) >= 11 is 0. The molecule has 2 aromatic rings. The number of benzene rings is 2. The van der Waals surface area contributed by atoms with E-state index in [4.69, 9.17) is 10.5 Å². The summed E-state index contributed by atoms with van der Waals surface area (Å²) in [5.41, 5.74) is 11.4. The molecule has 0 heterocycles. The minimum absolute atomic E-state index is 0.107. The Morgan fingerprint density at radius 3 is 2.68 bits per heavy atom. The molecule has 0 saturated heterocycles. The van der Waals surface area contributed by atoms with E-state index < -0.39 is 6.09 Å². The van der Waals surface area contributed by atoms with Crippen LogP contribution in [0.4, 0.5) is 4.79 Å². The third-order valence-electron chi connectivity index (χ3n) is 5.21. The molecule has 0 aromatic heterocycles. The Morgan fingerprint density at radius 1 is 1.20 bits per heavy atom. The van der Waals surface area contributed by atoms with Gasteiger partial charge in [-0.2, -0.15) is 0 Å². The Kier molecular flexibility index (Phi) is 4.85. The monoisotopic (exact) mass is 337 g/mol. The van der Waals surface area contributed by atoms with Gasteiger partial charge in [-0.05, 0) is 47.1 Å². The second-order valence-electron chi connectivity index (χ2n) is 7.67. The van der Waals surface area contributed by atoms with E-state index in [0.717, 1.165) is 31.2 Å². The van der Waals surface area contributed by atoms with E-state index in [1.807, 2.05) is 0 Å². The molecule has 1 amide bonds. The van der Waals surface area contributed by atoms with E-state index in [1.54, 1.807) is 0 Å². The van der Waals surface area contributed by atoms with Crippen LogP contribution in [0.3, 0.4) is 0 Å². The number of rotatable bonds is 4. The number of aryl methyl sites for hydroxylation is 2. The van der Waals surface area contributed by atoms with Gasteiger partial charge in [0.05, 0.1) is 0 Å². The van der Waals surface area contributed by atoms with Crippen molar-refractivity contribution in [3.05, 3.63) is 59.2 Å².